The van der Waals surface area contributed by atoms with Crippen molar-refractivity contribution in [3.63, 3.8) is 0 Å². The molecular weight excluding hydrogens is 318 g/mol. The van der Waals surface area contributed by atoms with Crippen LogP contribution < -0.4 is 5.32 Å². The summed E-state index contributed by atoms with van der Waals surface area (Å²) in [6, 6.07) is 1.88. The molecule has 8 nitrogen and oxygen atoms in total. The zero-order valence-electron chi connectivity index (χ0n) is 15.2. The largest absolute Gasteiger partial charge is 0.310 e. The molecule has 2 aromatic heterocycles. The number of nitrogens with zero attached hydrogens (tertiary/aromatic N) is 6. The van der Waals surface area contributed by atoms with E-state index in [0.717, 1.165) is 38.3 Å². The third kappa shape index (κ3) is 4.25. The second-order valence-electron chi connectivity index (χ2n) is 7.04. The summed E-state index contributed by atoms with van der Waals surface area (Å²) in [6.45, 7) is 8.77. The maximum Gasteiger partial charge on any atom is 0.242 e. The fourth-order valence-corrected chi connectivity index (χ4v) is 3.41. The summed E-state index contributed by atoms with van der Waals surface area (Å²) in [5.74, 6) is 1.26. The van der Waals surface area contributed by atoms with E-state index in [0.29, 0.717) is 5.92 Å². The third-order valence-electron chi connectivity index (χ3n) is 4.80. The molecule has 1 saturated heterocycles. The second kappa shape index (κ2) is 7.77. The lowest BCUT2D eigenvalue weighted by Gasteiger charge is -2.36. The van der Waals surface area contributed by atoms with E-state index in [9.17, 15) is 4.79 Å². The molecule has 0 bridgehead atoms. The summed E-state index contributed by atoms with van der Waals surface area (Å²) in [4.78, 5) is 18.9. The minimum Gasteiger partial charge on any atom is -0.310 e. The minimum atomic E-state index is -0.172. The van der Waals surface area contributed by atoms with E-state index < -0.39 is 0 Å². The van der Waals surface area contributed by atoms with Crippen LogP contribution in [0.5, 0.6) is 0 Å². The maximum absolute atomic E-state index is 12.7. The Bertz CT molecular complexity index is 679. The van der Waals surface area contributed by atoms with E-state index in [-0.39, 0.29) is 18.0 Å². The second-order valence-corrected chi connectivity index (χ2v) is 7.04. The molecule has 0 saturated carbocycles. The molecule has 8 heteroatoms. The van der Waals surface area contributed by atoms with Crippen LogP contribution in [-0.4, -0.2) is 54.5 Å². The third-order valence-corrected chi connectivity index (χ3v) is 4.80. The van der Waals surface area contributed by atoms with Gasteiger partial charge in [0, 0.05) is 25.2 Å². The number of rotatable bonds is 6. The van der Waals surface area contributed by atoms with Crippen molar-refractivity contribution in [1.29, 1.82) is 0 Å². The highest BCUT2D eigenvalue weighted by Crippen LogP contribution is 2.21. The highest BCUT2D eigenvalue weighted by molar-refractivity contribution is 5.93. The lowest BCUT2D eigenvalue weighted by Crippen LogP contribution is -2.47. The molecule has 0 spiro atoms. The summed E-state index contributed by atoms with van der Waals surface area (Å²) in [5.41, 5.74) is 0. The van der Waals surface area contributed by atoms with Crippen LogP contribution in [0.1, 0.15) is 39.7 Å². The van der Waals surface area contributed by atoms with Gasteiger partial charge in [0.25, 0.3) is 0 Å². The van der Waals surface area contributed by atoms with E-state index >= 15 is 0 Å². The Morgan fingerprint density at radius 3 is 2.92 bits per heavy atom. The van der Waals surface area contributed by atoms with Crippen molar-refractivity contribution in [3.8, 4) is 0 Å². The molecule has 3 heterocycles. The molecular formula is C17H27N7O. The predicted molar refractivity (Wildman–Crippen MR) is 95.0 cm³/mol. The summed E-state index contributed by atoms with van der Waals surface area (Å²) in [7, 11) is 0. The first kappa shape index (κ1) is 17.6. The molecule has 1 amide bonds. The van der Waals surface area contributed by atoms with Gasteiger partial charge in [0.1, 0.15) is 18.5 Å². The van der Waals surface area contributed by atoms with Gasteiger partial charge >= 0.3 is 0 Å². The molecule has 136 valence electrons. The van der Waals surface area contributed by atoms with Gasteiger partial charge in [-0.3, -0.25) is 14.4 Å². The number of carbonyl (C=O) groups excluding carboxylic acids is 1. The number of hydrogen-bond acceptors (Lipinski definition) is 5. The van der Waals surface area contributed by atoms with Crippen LogP contribution >= 0.6 is 0 Å². The number of amides is 1. The van der Waals surface area contributed by atoms with Gasteiger partial charge in [-0.15, -0.1) is 0 Å². The van der Waals surface area contributed by atoms with Crippen molar-refractivity contribution in [2.45, 2.75) is 52.2 Å². The van der Waals surface area contributed by atoms with Gasteiger partial charge in [0.2, 0.25) is 5.91 Å². The normalized spacial score (nSPS) is 19.9. The van der Waals surface area contributed by atoms with Crippen LogP contribution in [0.4, 0.5) is 5.82 Å². The highest BCUT2D eigenvalue weighted by Gasteiger charge is 2.28. The van der Waals surface area contributed by atoms with Crippen LogP contribution in [0, 0.1) is 5.92 Å². The molecule has 1 fully saturated rings. The molecule has 1 aliphatic heterocycles. The molecule has 1 aliphatic rings. The monoisotopic (exact) mass is 345 g/mol. The Kier molecular flexibility index (Phi) is 5.47. The molecule has 25 heavy (non-hydrogen) atoms. The first-order valence-electron chi connectivity index (χ1n) is 8.95. The van der Waals surface area contributed by atoms with Gasteiger partial charge in [0.05, 0.1) is 12.2 Å². The van der Waals surface area contributed by atoms with Crippen molar-refractivity contribution in [2.75, 3.05) is 18.4 Å². The highest BCUT2D eigenvalue weighted by atomic mass is 16.2. The molecule has 2 aromatic rings. The van der Waals surface area contributed by atoms with Crippen molar-refractivity contribution in [1.82, 2.24) is 29.4 Å². The first-order valence-corrected chi connectivity index (χ1v) is 8.95. The summed E-state index contributed by atoms with van der Waals surface area (Å²) >= 11 is 0. The van der Waals surface area contributed by atoms with E-state index in [1.807, 2.05) is 36.2 Å². The quantitative estimate of drug-likeness (QED) is 0.863. The SMILES string of the molecule is CC(C(=O)Nc1ccnn1C(C)C)N1CCCC(Cn2cncn2)C1. The fraction of sp³-hybridized carbons (Fsp3) is 0.647. The Hall–Kier alpha value is -2.22. The average Bonchev–Trinajstić information content (AvgIpc) is 3.26. The molecule has 2 unspecified atom stereocenters. The van der Waals surface area contributed by atoms with E-state index in [4.69, 9.17) is 0 Å². The van der Waals surface area contributed by atoms with Gasteiger partial charge in [0.15, 0.2) is 0 Å². The van der Waals surface area contributed by atoms with Crippen molar-refractivity contribution >= 4 is 11.7 Å². The number of carbonyl (C=O) groups is 1. The van der Waals surface area contributed by atoms with E-state index in [1.54, 1.807) is 18.9 Å². The lowest BCUT2D eigenvalue weighted by atomic mass is 9.96. The molecule has 1 N–H and O–H groups in total. The zero-order chi connectivity index (χ0) is 17.8. The van der Waals surface area contributed by atoms with Gasteiger partial charge in [-0.05, 0) is 46.1 Å². The topological polar surface area (TPSA) is 80.9 Å². The molecule has 0 radical (unpaired) electrons. The van der Waals surface area contributed by atoms with E-state index in [1.165, 1.54) is 0 Å². The Morgan fingerprint density at radius 1 is 1.36 bits per heavy atom. The first-order chi connectivity index (χ1) is 12.0. The Labute approximate surface area is 148 Å². The van der Waals surface area contributed by atoms with Crippen LogP contribution in [0.3, 0.4) is 0 Å². The summed E-state index contributed by atoms with van der Waals surface area (Å²) < 4.78 is 3.70. The summed E-state index contributed by atoms with van der Waals surface area (Å²) in [5, 5.41) is 11.5. The number of anilines is 1. The zero-order valence-corrected chi connectivity index (χ0v) is 15.2. The van der Waals surface area contributed by atoms with Crippen LogP contribution in [-0.2, 0) is 11.3 Å². The Balaban J connectivity index is 1.58. The number of nitrogens with one attached hydrogen (secondary N) is 1. The fourth-order valence-electron chi connectivity index (χ4n) is 3.41. The van der Waals surface area contributed by atoms with Crippen LogP contribution in [0.25, 0.3) is 0 Å². The van der Waals surface area contributed by atoms with Crippen LogP contribution in [0.2, 0.25) is 0 Å². The van der Waals surface area contributed by atoms with E-state index in [2.05, 4.69) is 25.4 Å². The number of likely N-dealkylation sites (tertiary alicyclic amines) is 1. The minimum absolute atomic E-state index is 0.0174. The molecule has 0 aromatic carbocycles. The molecule has 0 aliphatic carbocycles. The van der Waals surface area contributed by atoms with Crippen molar-refractivity contribution < 1.29 is 4.79 Å². The van der Waals surface area contributed by atoms with Gasteiger partial charge in [-0.2, -0.15) is 10.2 Å². The van der Waals surface area contributed by atoms with Gasteiger partial charge < -0.3 is 5.32 Å². The maximum atomic E-state index is 12.7. The summed E-state index contributed by atoms with van der Waals surface area (Å²) in [6.07, 6.45) is 7.29. The molecule has 2 atom stereocenters. The number of piperidine rings is 1. The lowest BCUT2D eigenvalue weighted by molar-refractivity contribution is -0.121. The van der Waals surface area contributed by atoms with Crippen molar-refractivity contribution in [3.05, 3.63) is 24.9 Å². The average molecular weight is 345 g/mol. The van der Waals surface area contributed by atoms with Crippen molar-refractivity contribution in [2.24, 2.45) is 5.92 Å². The Morgan fingerprint density at radius 2 is 2.20 bits per heavy atom. The predicted octanol–water partition coefficient (Wildman–Crippen LogP) is 1.79. The number of aromatic nitrogens is 5. The van der Waals surface area contributed by atoms with Gasteiger partial charge in [-0.25, -0.2) is 9.67 Å². The van der Waals surface area contributed by atoms with Crippen LogP contribution in [0.15, 0.2) is 24.9 Å². The van der Waals surface area contributed by atoms with Gasteiger partial charge in [-0.1, -0.05) is 0 Å². The smallest absolute Gasteiger partial charge is 0.242 e. The molecule has 3 rings (SSSR count). The standard InChI is InChI=1S/C17H27N7O/c1-13(2)24-16(6-7-19-24)21-17(25)14(3)22-8-4-5-15(9-22)10-23-12-18-11-20-23/h6-7,11-15H,4-5,8-10H2,1-3H3,(H,21,25). The number of hydrogen-bond donors (Lipinski definition) is 1.